The molecule has 0 spiro atoms. The Morgan fingerprint density at radius 3 is 2.60 bits per heavy atom. The number of hydrogen-bond acceptors (Lipinski definition) is 5. The van der Waals surface area contributed by atoms with Gasteiger partial charge in [-0.1, -0.05) is 55.1 Å². The quantitative estimate of drug-likeness (QED) is 0.270. The maximum Gasteiger partial charge on any atom is 0.269 e. The maximum absolute atomic E-state index is 12.2. The van der Waals surface area contributed by atoms with Crippen LogP contribution in [0.15, 0.2) is 86.0 Å². The van der Waals surface area contributed by atoms with Crippen molar-refractivity contribution in [1.82, 2.24) is 24.8 Å². The highest BCUT2D eigenvalue weighted by Crippen LogP contribution is 2.38. The number of imidazole rings is 1. The van der Waals surface area contributed by atoms with Crippen molar-refractivity contribution < 1.29 is 9.59 Å². The molecule has 2 aliphatic rings. The number of hydrogen-bond donors (Lipinski definition) is 2. The summed E-state index contributed by atoms with van der Waals surface area (Å²) in [6.45, 7) is 8.29. The highest BCUT2D eigenvalue weighted by molar-refractivity contribution is 5.91. The number of rotatable bonds is 7. The van der Waals surface area contributed by atoms with E-state index in [4.69, 9.17) is 10.7 Å². The van der Waals surface area contributed by atoms with Gasteiger partial charge < -0.3 is 16.0 Å². The molecule has 6 rings (SSSR count). The van der Waals surface area contributed by atoms with Crippen LogP contribution in [-0.2, 0) is 11.2 Å². The Labute approximate surface area is 233 Å². The van der Waals surface area contributed by atoms with E-state index in [1.165, 1.54) is 17.2 Å². The molecule has 3 heterocycles. The summed E-state index contributed by atoms with van der Waals surface area (Å²) in [5.41, 5.74) is 12.6. The summed E-state index contributed by atoms with van der Waals surface area (Å²) in [6.07, 6.45) is 6.98. The van der Waals surface area contributed by atoms with Crippen LogP contribution >= 0.6 is 0 Å². The van der Waals surface area contributed by atoms with Gasteiger partial charge in [0, 0.05) is 29.8 Å². The van der Waals surface area contributed by atoms with Crippen LogP contribution in [0.2, 0.25) is 0 Å². The molecule has 3 N–H and O–H groups in total. The number of carbonyl (C=O) groups is 2. The van der Waals surface area contributed by atoms with Crippen LogP contribution in [0.25, 0.3) is 28.2 Å². The van der Waals surface area contributed by atoms with Crippen molar-refractivity contribution >= 4 is 17.5 Å². The number of amides is 2. The fourth-order valence-electron chi connectivity index (χ4n) is 6.11. The molecule has 40 heavy (non-hydrogen) atoms. The first-order valence-corrected chi connectivity index (χ1v) is 13.7. The van der Waals surface area contributed by atoms with Crippen LogP contribution < -0.4 is 11.1 Å². The molecule has 0 radical (unpaired) electrons. The number of piperidine rings is 1. The van der Waals surface area contributed by atoms with Gasteiger partial charge in [-0.25, -0.2) is 9.50 Å². The highest BCUT2D eigenvalue weighted by atomic mass is 16.2. The Balaban J connectivity index is 1.30. The van der Waals surface area contributed by atoms with Crippen molar-refractivity contribution in [3.05, 3.63) is 103 Å². The number of aryl methyl sites for hydroxylation is 1. The molecule has 0 saturated carbocycles. The SMILES string of the molecule is C=CC(=O)N1CCC(N[C@H]2CCc3cc(-c4nc5ccc(C(N)=O)nn5c4-c4ccccc4)ccc32)C[C@H]1C=C. The fourth-order valence-corrected chi connectivity index (χ4v) is 6.11. The molecule has 8 nitrogen and oxygen atoms in total. The first-order chi connectivity index (χ1) is 19.5. The zero-order chi connectivity index (χ0) is 27.8. The number of nitrogens with zero attached hydrogens (tertiary/aromatic N) is 4. The van der Waals surface area contributed by atoms with Gasteiger partial charge in [0.15, 0.2) is 5.65 Å². The topological polar surface area (TPSA) is 106 Å². The molecular weight excluding hydrogens is 500 g/mol. The minimum absolute atomic E-state index is 0.00939. The molecule has 202 valence electrons. The van der Waals surface area contributed by atoms with Crippen LogP contribution in [0.4, 0.5) is 0 Å². The molecule has 8 heteroatoms. The number of aromatic nitrogens is 3. The Morgan fingerprint density at radius 2 is 1.85 bits per heavy atom. The van der Waals surface area contributed by atoms with Crippen molar-refractivity contribution in [2.75, 3.05) is 6.54 Å². The second kappa shape index (κ2) is 10.5. The van der Waals surface area contributed by atoms with Crippen LogP contribution in [-0.4, -0.2) is 49.9 Å². The molecule has 1 unspecified atom stereocenters. The van der Waals surface area contributed by atoms with Crippen molar-refractivity contribution in [2.45, 2.75) is 43.8 Å². The summed E-state index contributed by atoms with van der Waals surface area (Å²) in [5, 5.41) is 8.38. The summed E-state index contributed by atoms with van der Waals surface area (Å²) in [4.78, 5) is 30.9. The number of carbonyl (C=O) groups excluding carboxylic acids is 2. The number of likely N-dealkylation sites (tertiary alicyclic amines) is 1. The lowest BCUT2D eigenvalue weighted by Gasteiger charge is -2.39. The molecule has 2 aromatic carbocycles. The smallest absolute Gasteiger partial charge is 0.269 e. The van der Waals surface area contributed by atoms with Gasteiger partial charge >= 0.3 is 0 Å². The molecule has 1 aliphatic heterocycles. The number of primary amides is 1. The Bertz CT molecular complexity index is 1630. The fraction of sp³-hybridized carbons (Fsp3) is 0.250. The molecule has 4 aromatic rings. The Morgan fingerprint density at radius 1 is 1.02 bits per heavy atom. The zero-order valence-corrected chi connectivity index (χ0v) is 22.3. The summed E-state index contributed by atoms with van der Waals surface area (Å²) < 4.78 is 1.71. The minimum atomic E-state index is -0.579. The Kier molecular flexibility index (Phi) is 6.77. The van der Waals surface area contributed by atoms with Gasteiger partial charge in [0.2, 0.25) is 5.91 Å². The lowest BCUT2D eigenvalue weighted by Crippen LogP contribution is -2.50. The molecule has 3 atom stereocenters. The molecule has 0 bridgehead atoms. The normalized spacial score (nSPS) is 20.3. The summed E-state index contributed by atoms with van der Waals surface area (Å²) >= 11 is 0. The predicted octanol–water partition coefficient (Wildman–Crippen LogP) is 4.47. The van der Waals surface area contributed by atoms with Crippen molar-refractivity contribution in [3.8, 4) is 22.5 Å². The Hall–Kier alpha value is -4.56. The first-order valence-electron chi connectivity index (χ1n) is 13.7. The third-order valence-corrected chi connectivity index (χ3v) is 8.08. The molecular formula is C32H32N6O2. The van der Waals surface area contributed by atoms with E-state index in [1.807, 2.05) is 41.3 Å². The van der Waals surface area contributed by atoms with Crippen molar-refractivity contribution in [3.63, 3.8) is 0 Å². The van der Waals surface area contributed by atoms with Gasteiger partial charge in [-0.3, -0.25) is 9.59 Å². The van der Waals surface area contributed by atoms with E-state index in [1.54, 1.807) is 16.6 Å². The standard InChI is InChI=1S/C32H32N6O2/c1-3-24-19-23(16-17-37(24)29(39)4-2)34-26-13-11-21-18-22(10-12-25(21)26)30-31(20-8-6-5-7-9-20)38-28(35-30)15-14-27(36-38)32(33)40/h3-10,12,14-15,18,23-24,26,34H,1-2,11,13,16-17,19H2,(H2,33,40)/t23?,24-,26+/m1/s1. The number of nitrogens with one attached hydrogen (secondary N) is 1. The van der Waals surface area contributed by atoms with Crippen molar-refractivity contribution in [2.24, 2.45) is 5.73 Å². The third kappa shape index (κ3) is 4.60. The van der Waals surface area contributed by atoms with E-state index in [0.717, 1.165) is 48.2 Å². The van der Waals surface area contributed by atoms with Gasteiger partial charge in [0.1, 0.15) is 11.4 Å². The van der Waals surface area contributed by atoms with Crippen LogP contribution in [0.3, 0.4) is 0 Å². The van der Waals surface area contributed by atoms with Gasteiger partial charge in [0.05, 0.1) is 11.7 Å². The zero-order valence-electron chi connectivity index (χ0n) is 22.3. The average molecular weight is 533 g/mol. The van der Waals surface area contributed by atoms with E-state index in [0.29, 0.717) is 18.2 Å². The molecule has 2 aromatic heterocycles. The van der Waals surface area contributed by atoms with E-state index in [2.05, 4.69) is 41.8 Å². The second-order valence-electron chi connectivity index (χ2n) is 10.5. The predicted molar refractivity (Wildman–Crippen MR) is 155 cm³/mol. The monoisotopic (exact) mass is 532 g/mol. The number of fused-ring (bicyclic) bond motifs is 2. The van der Waals surface area contributed by atoms with E-state index >= 15 is 0 Å². The van der Waals surface area contributed by atoms with Gasteiger partial charge in [-0.05, 0) is 61.1 Å². The number of nitrogens with two attached hydrogens (primary N) is 1. The summed E-state index contributed by atoms with van der Waals surface area (Å²) in [5.74, 6) is -0.616. The summed E-state index contributed by atoms with van der Waals surface area (Å²) in [6, 6.07) is 20.5. The first kappa shape index (κ1) is 25.7. The third-order valence-electron chi connectivity index (χ3n) is 8.08. The molecule has 1 aliphatic carbocycles. The molecule has 1 saturated heterocycles. The van der Waals surface area contributed by atoms with Crippen LogP contribution in [0.5, 0.6) is 0 Å². The second-order valence-corrected chi connectivity index (χ2v) is 10.5. The van der Waals surface area contributed by atoms with E-state index < -0.39 is 5.91 Å². The average Bonchev–Trinajstić information content (AvgIpc) is 3.57. The largest absolute Gasteiger partial charge is 0.364 e. The van der Waals surface area contributed by atoms with Crippen molar-refractivity contribution in [1.29, 1.82) is 0 Å². The van der Waals surface area contributed by atoms with Crippen LogP contribution in [0.1, 0.15) is 46.9 Å². The molecule has 1 fully saturated rings. The lowest BCUT2D eigenvalue weighted by atomic mass is 9.95. The van der Waals surface area contributed by atoms with Gasteiger partial charge in [-0.15, -0.1) is 6.58 Å². The maximum atomic E-state index is 12.2. The minimum Gasteiger partial charge on any atom is -0.364 e. The molecule has 2 amide bonds. The van der Waals surface area contributed by atoms with Gasteiger partial charge in [-0.2, -0.15) is 5.10 Å². The van der Waals surface area contributed by atoms with E-state index in [9.17, 15) is 9.59 Å². The van der Waals surface area contributed by atoms with Crippen LogP contribution in [0, 0.1) is 0 Å². The summed E-state index contributed by atoms with van der Waals surface area (Å²) in [7, 11) is 0. The van der Waals surface area contributed by atoms with Gasteiger partial charge in [0.25, 0.3) is 5.91 Å². The highest BCUT2D eigenvalue weighted by Gasteiger charge is 2.32. The van der Waals surface area contributed by atoms with E-state index in [-0.39, 0.29) is 23.7 Å². The number of benzene rings is 2. The lowest BCUT2D eigenvalue weighted by molar-refractivity contribution is -0.128.